The van der Waals surface area contributed by atoms with Crippen LogP contribution in [-0.4, -0.2) is 19.4 Å². The van der Waals surface area contributed by atoms with Gasteiger partial charge in [0.25, 0.3) is 0 Å². The minimum absolute atomic E-state index is 0.441. The molecule has 0 aromatic heterocycles. The number of hydrogen-bond donors (Lipinski definition) is 0. The van der Waals surface area contributed by atoms with Gasteiger partial charge in [0, 0.05) is 5.75 Å². The second-order valence-corrected chi connectivity index (χ2v) is 8.00. The molecule has 1 aromatic rings. The summed E-state index contributed by atoms with van der Waals surface area (Å²) in [6.07, 6.45) is 1.83. The predicted molar refractivity (Wildman–Crippen MR) is 73.9 cm³/mol. The number of sulfone groups is 1. The van der Waals surface area contributed by atoms with E-state index in [4.69, 9.17) is 0 Å². The molecule has 17 heavy (non-hydrogen) atoms. The molecular weight excluding hydrogens is 252 g/mol. The SMILES string of the molecule is Cc1cccc2c1C=C(CSC(C)C)S2(=O)=O. The van der Waals surface area contributed by atoms with Gasteiger partial charge in [0.1, 0.15) is 0 Å². The Morgan fingerprint density at radius 1 is 1.29 bits per heavy atom. The Morgan fingerprint density at radius 3 is 2.59 bits per heavy atom. The zero-order valence-corrected chi connectivity index (χ0v) is 11.9. The van der Waals surface area contributed by atoms with E-state index in [2.05, 4.69) is 13.8 Å². The second kappa shape index (κ2) is 4.50. The monoisotopic (exact) mass is 268 g/mol. The van der Waals surface area contributed by atoms with Gasteiger partial charge in [-0.15, -0.1) is 0 Å². The van der Waals surface area contributed by atoms with Gasteiger partial charge in [0.2, 0.25) is 9.84 Å². The quantitative estimate of drug-likeness (QED) is 0.844. The number of aryl methyl sites for hydroxylation is 1. The van der Waals surface area contributed by atoms with Gasteiger partial charge in [-0.1, -0.05) is 26.0 Å². The van der Waals surface area contributed by atoms with Crippen LogP contribution in [-0.2, 0) is 9.84 Å². The molecule has 0 aliphatic carbocycles. The van der Waals surface area contributed by atoms with Gasteiger partial charge in [0.05, 0.1) is 9.80 Å². The number of fused-ring (bicyclic) bond motifs is 1. The van der Waals surface area contributed by atoms with Crippen LogP contribution in [0, 0.1) is 6.92 Å². The zero-order chi connectivity index (χ0) is 12.6. The van der Waals surface area contributed by atoms with Crippen molar-refractivity contribution in [2.45, 2.75) is 30.9 Å². The first-order chi connectivity index (χ1) is 7.93. The lowest BCUT2D eigenvalue weighted by Gasteiger charge is -2.06. The van der Waals surface area contributed by atoms with E-state index in [0.29, 0.717) is 20.8 Å². The first-order valence-electron chi connectivity index (χ1n) is 5.60. The summed E-state index contributed by atoms with van der Waals surface area (Å²) in [6, 6.07) is 5.45. The van der Waals surface area contributed by atoms with E-state index in [1.165, 1.54) is 0 Å². The molecule has 0 saturated heterocycles. The fraction of sp³-hybridized carbons (Fsp3) is 0.385. The van der Waals surface area contributed by atoms with Crippen molar-refractivity contribution in [3.63, 3.8) is 0 Å². The molecular formula is C13H16O2S2. The molecule has 0 unspecified atom stereocenters. The largest absolute Gasteiger partial charge is 0.219 e. The first-order valence-corrected chi connectivity index (χ1v) is 8.13. The van der Waals surface area contributed by atoms with Crippen molar-refractivity contribution in [1.29, 1.82) is 0 Å². The van der Waals surface area contributed by atoms with Crippen LogP contribution < -0.4 is 0 Å². The van der Waals surface area contributed by atoms with E-state index < -0.39 is 9.84 Å². The van der Waals surface area contributed by atoms with Crippen LogP contribution in [0.4, 0.5) is 0 Å². The van der Waals surface area contributed by atoms with Gasteiger partial charge >= 0.3 is 0 Å². The lowest BCUT2D eigenvalue weighted by atomic mass is 10.1. The summed E-state index contributed by atoms with van der Waals surface area (Å²) in [4.78, 5) is 1.01. The summed E-state index contributed by atoms with van der Waals surface area (Å²) < 4.78 is 24.5. The first kappa shape index (κ1) is 12.7. The van der Waals surface area contributed by atoms with Gasteiger partial charge in [-0.25, -0.2) is 8.42 Å². The molecule has 2 nitrogen and oxygen atoms in total. The van der Waals surface area contributed by atoms with Gasteiger partial charge in [-0.3, -0.25) is 0 Å². The highest BCUT2D eigenvalue weighted by molar-refractivity contribution is 8.02. The van der Waals surface area contributed by atoms with Crippen LogP contribution in [0.2, 0.25) is 0 Å². The van der Waals surface area contributed by atoms with Gasteiger partial charge in [0.15, 0.2) is 0 Å². The van der Waals surface area contributed by atoms with E-state index in [-0.39, 0.29) is 0 Å². The fourth-order valence-electron chi connectivity index (χ4n) is 1.82. The Kier molecular flexibility index (Phi) is 3.36. The van der Waals surface area contributed by atoms with E-state index in [0.717, 1.165) is 11.1 Å². The Morgan fingerprint density at radius 2 is 2.00 bits per heavy atom. The maximum Gasteiger partial charge on any atom is 0.204 e. The minimum Gasteiger partial charge on any atom is -0.219 e. The van der Waals surface area contributed by atoms with Crippen LogP contribution in [0.5, 0.6) is 0 Å². The number of thioether (sulfide) groups is 1. The number of hydrogen-bond acceptors (Lipinski definition) is 3. The molecule has 0 saturated carbocycles. The number of benzene rings is 1. The molecule has 92 valence electrons. The summed E-state index contributed by atoms with van der Waals surface area (Å²) in [5, 5.41) is 0.441. The highest BCUT2D eigenvalue weighted by Crippen LogP contribution is 2.36. The third kappa shape index (κ3) is 2.29. The lowest BCUT2D eigenvalue weighted by Crippen LogP contribution is -2.04. The second-order valence-electron chi connectivity index (χ2n) is 4.46. The summed E-state index contributed by atoms with van der Waals surface area (Å²) in [7, 11) is -3.22. The Labute approximate surface area is 107 Å². The van der Waals surface area contributed by atoms with E-state index in [1.54, 1.807) is 23.9 Å². The molecule has 0 fully saturated rings. The molecule has 2 rings (SSSR count). The normalized spacial score (nSPS) is 17.1. The highest BCUT2D eigenvalue weighted by atomic mass is 32.2. The van der Waals surface area contributed by atoms with Gasteiger partial charge in [-0.2, -0.15) is 11.8 Å². The van der Waals surface area contributed by atoms with Crippen molar-refractivity contribution in [3.8, 4) is 0 Å². The summed E-state index contributed by atoms with van der Waals surface area (Å²) in [5.74, 6) is 0.564. The third-order valence-corrected chi connectivity index (χ3v) is 6.00. The average Bonchev–Trinajstić information content (AvgIpc) is 2.50. The van der Waals surface area contributed by atoms with Crippen LogP contribution >= 0.6 is 11.8 Å². The van der Waals surface area contributed by atoms with Crippen molar-refractivity contribution in [2.24, 2.45) is 0 Å². The maximum absolute atomic E-state index is 12.3. The molecule has 0 radical (unpaired) electrons. The average molecular weight is 268 g/mol. The van der Waals surface area contributed by atoms with E-state index in [9.17, 15) is 8.42 Å². The molecule has 4 heteroatoms. The Bertz CT molecular complexity index is 569. The zero-order valence-electron chi connectivity index (χ0n) is 10.2. The van der Waals surface area contributed by atoms with E-state index in [1.807, 2.05) is 19.1 Å². The third-order valence-electron chi connectivity index (χ3n) is 2.78. The van der Waals surface area contributed by atoms with Crippen LogP contribution in [0.25, 0.3) is 6.08 Å². The molecule has 0 atom stereocenters. The molecule has 1 heterocycles. The molecule has 1 aliphatic rings. The van der Waals surface area contributed by atoms with Crippen molar-refractivity contribution in [3.05, 3.63) is 34.2 Å². The van der Waals surface area contributed by atoms with Crippen molar-refractivity contribution in [1.82, 2.24) is 0 Å². The van der Waals surface area contributed by atoms with Crippen LogP contribution in [0.15, 0.2) is 28.0 Å². The van der Waals surface area contributed by atoms with Gasteiger partial charge < -0.3 is 0 Å². The van der Waals surface area contributed by atoms with Crippen molar-refractivity contribution >= 4 is 27.7 Å². The minimum atomic E-state index is -3.22. The van der Waals surface area contributed by atoms with E-state index >= 15 is 0 Å². The maximum atomic E-state index is 12.3. The predicted octanol–water partition coefficient (Wildman–Crippen LogP) is 3.26. The highest BCUT2D eigenvalue weighted by Gasteiger charge is 2.29. The van der Waals surface area contributed by atoms with Crippen molar-refractivity contribution in [2.75, 3.05) is 5.75 Å². The molecule has 0 amide bonds. The smallest absolute Gasteiger partial charge is 0.204 e. The Balaban J connectivity index is 2.40. The van der Waals surface area contributed by atoms with Crippen LogP contribution in [0.1, 0.15) is 25.0 Å². The summed E-state index contributed by atoms with van der Waals surface area (Å²) >= 11 is 1.66. The standard InChI is InChI=1S/C13H16O2S2/c1-9(2)16-8-11-7-12-10(3)5-4-6-13(12)17(11,14)15/h4-7,9H,8H2,1-3H3. The molecule has 1 aliphatic heterocycles. The Hall–Kier alpha value is -0.740. The topological polar surface area (TPSA) is 34.1 Å². The lowest BCUT2D eigenvalue weighted by molar-refractivity contribution is 0.603. The molecule has 0 bridgehead atoms. The molecule has 0 N–H and O–H groups in total. The van der Waals surface area contributed by atoms with Crippen LogP contribution in [0.3, 0.4) is 0 Å². The van der Waals surface area contributed by atoms with Gasteiger partial charge in [-0.05, 0) is 35.4 Å². The fourth-order valence-corrected chi connectivity index (χ4v) is 4.55. The summed E-state index contributed by atoms with van der Waals surface area (Å²) in [5.41, 5.74) is 1.89. The summed E-state index contributed by atoms with van der Waals surface area (Å²) in [6.45, 7) is 6.10. The molecule has 1 aromatic carbocycles. The molecule has 0 spiro atoms. The number of rotatable bonds is 3. The van der Waals surface area contributed by atoms with Crippen molar-refractivity contribution < 1.29 is 8.42 Å².